The zero-order valence-electron chi connectivity index (χ0n) is 32.8. The first-order chi connectivity index (χ1) is 24.7. The van der Waals surface area contributed by atoms with E-state index in [1.54, 1.807) is 0 Å². The Labute approximate surface area is 312 Å². The van der Waals surface area contributed by atoms with E-state index < -0.39 is 0 Å². The highest BCUT2D eigenvalue weighted by Crippen LogP contribution is 2.89. The van der Waals surface area contributed by atoms with Crippen molar-refractivity contribution in [3.63, 3.8) is 0 Å². The first-order valence-corrected chi connectivity index (χ1v) is 20.7. The number of ether oxygens (including phenoxy) is 1. The maximum Gasteiger partial charge on any atom is 0.133 e. The summed E-state index contributed by atoms with van der Waals surface area (Å²) in [4.78, 5) is 2.68. The van der Waals surface area contributed by atoms with Crippen molar-refractivity contribution in [2.45, 2.75) is 134 Å². The van der Waals surface area contributed by atoms with Crippen LogP contribution in [-0.2, 0) is 27.1 Å². The molecule has 4 aromatic carbocycles. The van der Waals surface area contributed by atoms with E-state index in [1.807, 2.05) is 0 Å². The molecule has 2 bridgehead atoms. The van der Waals surface area contributed by atoms with Crippen molar-refractivity contribution >= 4 is 17.1 Å². The van der Waals surface area contributed by atoms with Gasteiger partial charge in [0.05, 0.1) is 11.4 Å². The molecule has 6 atom stereocenters. The average Bonchev–Trinajstić information content (AvgIpc) is 3.64. The Morgan fingerprint density at radius 2 is 1.10 bits per heavy atom. The summed E-state index contributed by atoms with van der Waals surface area (Å²) >= 11 is 0. The summed E-state index contributed by atoms with van der Waals surface area (Å²) in [5.41, 5.74) is 13.9. The maximum absolute atomic E-state index is 7.11. The summed E-state index contributed by atoms with van der Waals surface area (Å²) in [6, 6.07) is 31.0. The second-order valence-electron chi connectivity index (χ2n) is 21.1. The highest BCUT2D eigenvalue weighted by Gasteiger charge is 2.84. The number of rotatable bonds is 3. The monoisotopic (exact) mass is 687 g/mol. The molecular formula is C50H57NO. The standard InChI is InChI=1S/C50H57NO/c1-45(2)21-23-47(5,6)43-35(45)14-11-16-37(43)51(38-17-12-15-36-44(38)48(7,8)24-22-46(36,3)4)32-19-20-34-40(28-32)52-39-18-10-9-13-33(39)50(34)41-26-30-25-31-27-42(50)49(31,41)29-30/h9-20,28,30-31,41-42H,21-27,29H2,1-8H3. The molecule has 2 heteroatoms. The molecule has 4 aromatic rings. The van der Waals surface area contributed by atoms with Gasteiger partial charge < -0.3 is 9.64 Å². The highest BCUT2D eigenvalue weighted by atomic mass is 16.5. The number of benzene rings is 4. The molecule has 4 saturated carbocycles. The van der Waals surface area contributed by atoms with Crippen LogP contribution in [0.15, 0.2) is 78.9 Å². The lowest BCUT2D eigenvalue weighted by Crippen LogP contribution is -2.74. The van der Waals surface area contributed by atoms with E-state index in [0.29, 0.717) is 5.41 Å². The van der Waals surface area contributed by atoms with Crippen LogP contribution in [0.3, 0.4) is 0 Å². The Hall–Kier alpha value is -3.52. The largest absolute Gasteiger partial charge is 0.457 e. The van der Waals surface area contributed by atoms with Crippen molar-refractivity contribution in [1.29, 1.82) is 0 Å². The topological polar surface area (TPSA) is 12.5 Å². The Morgan fingerprint density at radius 3 is 1.73 bits per heavy atom. The predicted molar refractivity (Wildman–Crippen MR) is 214 cm³/mol. The van der Waals surface area contributed by atoms with Gasteiger partial charge in [0.2, 0.25) is 0 Å². The van der Waals surface area contributed by atoms with Gasteiger partial charge >= 0.3 is 0 Å². The molecule has 4 fully saturated rings. The van der Waals surface area contributed by atoms with Crippen molar-refractivity contribution < 1.29 is 4.74 Å². The van der Waals surface area contributed by atoms with Crippen LogP contribution < -0.4 is 9.64 Å². The SMILES string of the molecule is CC1(C)CCC(C)(C)c2c(N(c3ccc4c(c3)Oc3ccccc3C43C4CC5CC6CC3C64C5)c3cccc4c3C(C)(C)CCC4(C)C)cccc21. The van der Waals surface area contributed by atoms with Crippen molar-refractivity contribution in [3.05, 3.63) is 112 Å². The molecule has 0 saturated heterocycles. The van der Waals surface area contributed by atoms with Gasteiger partial charge in [-0.1, -0.05) is 104 Å². The van der Waals surface area contributed by atoms with Crippen LogP contribution in [0, 0.1) is 29.1 Å². The van der Waals surface area contributed by atoms with Crippen molar-refractivity contribution in [1.82, 2.24) is 0 Å². The molecule has 1 aliphatic heterocycles. The minimum absolute atomic E-state index is 0.0554. The summed E-state index contributed by atoms with van der Waals surface area (Å²) < 4.78 is 7.11. The van der Waals surface area contributed by atoms with Crippen LogP contribution in [0.2, 0.25) is 0 Å². The number of hydrogen-bond acceptors (Lipinski definition) is 2. The van der Waals surface area contributed by atoms with Crippen molar-refractivity contribution in [2.24, 2.45) is 29.1 Å². The van der Waals surface area contributed by atoms with Crippen LogP contribution in [0.25, 0.3) is 0 Å². The van der Waals surface area contributed by atoms with Gasteiger partial charge in [0.15, 0.2) is 0 Å². The molecule has 1 heterocycles. The van der Waals surface area contributed by atoms with E-state index in [4.69, 9.17) is 4.74 Å². The molecular weight excluding hydrogens is 631 g/mol. The van der Waals surface area contributed by atoms with Gasteiger partial charge in [0, 0.05) is 28.3 Å². The third-order valence-corrected chi connectivity index (χ3v) is 16.9. The summed E-state index contributed by atoms with van der Waals surface area (Å²) in [6.45, 7) is 19.8. The highest BCUT2D eigenvalue weighted by molar-refractivity contribution is 5.85. The van der Waals surface area contributed by atoms with Crippen LogP contribution >= 0.6 is 0 Å². The molecule has 7 aliphatic rings. The summed E-state index contributed by atoms with van der Waals surface area (Å²) in [7, 11) is 0. The van der Waals surface area contributed by atoms with Gasteiger partial charge in [0.25, 0.3) is 0 Å². The molecule has 2 nitrogen and oxygen atoms in total. The fraction of sp³-hybridized carbons (Fsp3) is 0.520. The fourth-order valence-electron chi connectivity index (χ4n) is 14.4. The number of anilines is 3. The summed E-state index contributed by atoms with van der Waals surface area (Å²) in [5, 5.41) is 0. The molecule has 6 unspecified atom stereocenters. The van der Waals surface area contributed by atoms with Crippen molar-refractivity contribution in [2.75, 3.05) is 4.90 Å². The van der Waals surface area contributed by atoms with E-state index in [1.165, 1.54) is 102 Å². The van der Waals surface area contributed by atoms with E-state index >= 15 is 0 Å². The van der Waals surface area contributed by atoms with Gasteiger partial charge in [-0.25, -0.2) is 0 Å². The van der Waals surface area contributed by atoms with Crippen LogP contribution in [0.4, 0.5) is 17.1 Å². The molecule has 268 valence electrons. The van der Waals surface area contributed by atoms with Gasteiger partial charge in [-0.2, -0.15) is 0 Å². The first kappa shape index (κ1) is 32.0. The van der Waals surface area contributed by atoms with E-state index in [2.05, 4.69) is 139 Å². The Morgan fingerprint density at radius 1 is 0.538 bits per heavy atom. The normalized spacial score (nSPS) is 33.7. The zero-order valence-corrected chi connectivity index (χ0v) is 32.8. The number of nitrogens with zero attached hydrogens (tertiary/aromatic N) is 1. The van der Waals surface area contributed by atoms with Crippen molar-refractivity contribution in [3.8, 4) is 11.5 Å². The van der Waals surface area contributed by atoms with Crippen LogP contribution in [-0.4, -0.2) is 0 Å². The second-order valence-corrected chi connectivity index (χ2v) is 21.1. The van der Waals surface area contributed by atoms with E-state index in [-0.39, 0.29) is 27.1 Å². The maximum atomic E-state index is 7.11. The molecule has 52 heavy (non-hydrogen) atoms. The number of hydrogen-bond donors (Lipinski definition) is 0. The predicted octanol–water partition coefficient (Wildman–Crippen LogP) is 13.3. The Bertz CT molecular complexity index is 2120. The quantitative estimate of drug-likeness (QED) is 0.213. The van der Waals surface area contributed by atoms with E-state index in [9.17, 15) is 0 Å². The van der Waals surface area contributed by atoms with Crippen LogP contribution in [0.5, 0.6) is 11.5 Å². The molecule has 2 spiro atoms. The third kappa shape index (κ3) is 3.69. The van der Waals surface area contributed by atoms with Gasteiger partial charge in [-0.15, -0.1) is 0 Å². The molecule has 0 amide bonds. The lowest BCUT2D eigenvalue weighted by molar-refractivity contribution is -0.235. The second kappa shape index (κ2) is 9.77. The Balaban J connectivity index is 1.16. The lowest BCUT2D eigenvalue weighted by atomic mass is 9.26. The van der Waals surface area contributed by atoms with Crippen LogP contribution in [0.1, 0.15) is 140 Å². The molecule has 0 aromatic heterocycles. The summed E-state index contributed by atoms with van der Waals surface area (Å²) in [5.74, 6) is 5.59. The van der Waals surface area contributed by atoms with Gasteiger partial charge in [-0.05, 0) is 149 Å². The molecule has 0 radical (unpaired) electrons. The van der Waals surface area contributed by atoms with Gasteiger partial charge in [-0.3, -0.25) is 0 Å². The minimum Gasteiger partial charge on any atom is -0.457 e. The number of para-hydroxylation sites is 1. The van der Waals surface area contributed by atoms with Gasteiger partial charge in [0.1, 0.15) is 11.5 Å². The molecule has 6 aliphatic carbocycles. The smallest absolute Gasteiger partial charge is 0.133 e. The Kier molecular flexibility index (Phi) is 6.00. The summed E-state index contributed by atoms with van der Waals surface area (Å²) in [6.07, 6.45) is 10.6. The lowest BCUT2D eigenvalue weighted by Gasteiger charge is -2.77. The zero-order chi connectivity index (χ0) is 35.8. The molecule has 11 rings (SSSR count). The fourth-order valence-corrected chi connectivity index (χ4v) is 14.4. The van der Waals surface area contributed by atoms with E-state index in [0.717, 1.165) is 35.2 Å². The average molecular weight is 688 g/mol. The first-order valence-electron chi connectivity index (χ1n) is 20.7. The third-order valence-electron chi connectivity index (χ3n) is 16.9. The minimum atomic E-state index is 0.0554. The number of fused-ring (bicyclic) bond motifs is 9. The molecule has 0 N–H and O–H groups in total.